The van der Waals surface area contributed by atoms with E-state index in [9.17, 15) is 22.8 Å². The molecule has 0 fully saturated rings. The zero-order chi connectivity index (χ0) is 22.2. The van der Waals surface area contributed by atoms with E-state index in [2.05, 4.69) is 11.7 Å². The summed E-state index contributed by atoms with van der Waals surface area (Å²) in [6.45, 7) is 3.71. The second-order valence-corrected chi connectivity index (χ2v) is 7.49. The lowest BCUT2D eigenvalue weighted by Gasteiger charge is -2.33. The smallest absolute Gasteiger partial charge is 0.355 e. The summed E-state index contributed by atoms with van der Waals surface area (Å²) >= 11 is 0. The van der Waals surface area contributed by atoms with E-state index >= 15 is 0 Å². The molecule has 2 aromatic carbocycles. The molecule has 1 aliphatic rings. The van der Waals surface area contributed by atoms with E-state index < -0.39 is 34.4 Å². The van der Waals surface area contributed by atoms with E-state index in [0.717, 1.165) is 11.1 Å². The quantitative estimate of drug-likeness (QED) is 0.301. The molecule has 0 bridgehead atoms. The van der Waals surface area contributed by atoms with Crippen molar-refractivity contribution in [2.75, 3.05) is 0 Å². The van der Waals surface area contributed by atoms with Gasteiger partial charge in [-0.3, -0.25) is 4.79 Å². The first-order valence-electron chi connectivity index (χ1n) is 9.71. The summed E-state index contributed by atoms with van der Waals surface area (Å²) in [5.41, 5.74) is -1.80. The number of alkyl halides is 3. The van der Waals surface area contributed by atoms with Crippen LogP contribution in [0.5, 0.6) is 0 Å². The Morgan fingerprint density at radius 1 is 1.16 bits per heavy atom. The lowest BCUT2D eigenvalue weighted by Crippen LogP contribution is -2.42. The highest BCUT2D eigenvalue weighted by molar-refractivity contribution is 6.14. The van der Waals surface area contributed by atoms with Crippen molar-refractivity contribution in [3.05, 3.63) is 83.1 Å². The Morgan fingerprint density at radius 3 is 2.55 bits per heavy atom. The van der Waals surface area contributed by atoms with Crippen LogP contribution >= 0.6 is 0 Å². The van der Waals surface area contributed by atoms with Crippen LogP contribution < -0.4 is 0 Å². The first kappa shape index (κ1) is 20.8. The topological polar surface area (TPSA) is 60.2 Å². The number of Topliss-reactive ketones (excluding diaryl/α,β-unsaturated/α-hetero) is 1. The van der Waals surface area contributed by atoms with Crippen LogP contribution in [0.3, 0.4) is 0 Å². The average Bonchev–Trinajstić information content (AvgIpc) is 3.24. The maximum Gasteiger partial charge on any atom is 0.422 e. The highest BCUT2D eigenvalue weighted by Crippen LogP contribution is 2.44. The van der Waals surface area contributed by atoms with Gasteiger partial charge in [0.05, 0.1) is 0 Å². The van der Waals surface area contributed by atoms with Crippen molar-refractivity contribution in [1.29, 1.82) is 0 Å². The summed E-state index contributed by atoms with van der Waals surface area (Å²) in [6.07, 6.45) is -1.64. The van der Waals surface area contributed by atoms with Crippen molar-refractivity contribution >= 4 is 18.1 Å². The fraction of sp³-hybridized carbons (Fsp3) is 0.208. The van der Waals surface area contributed by atoms with Gasteiger partial charge in [0.1, 0.15) is 17.3 Å². The molecule has 1 unspecified atom stereocenters. The number of aromatic nitrogens is 1. The van der Waals surface area contributed by atoms with Gasteiger partial charge in [-0.1, -0.05) is 66.3 Å². The molecule has 1 aliphatic carbocycles. The molecule has 0 N–H and O–H groups in total. The summed E-state index contributed by atoms with van der Waals surface area (Å²) in [4.78, 5) is 25.8. The van der Waals surface area contributed by atoms with E-state index in [4.69, 9.17) is 4.52 Å². The molecule has 0 saturated carbocycles. The zero-order valence-electron chi connectivity index (χ0n) is 16.4. The van der Waals surface area contributed by atoms with Crippen LogP contribution in [0.2, 0.25) is 0 Å². The van der Waals surface area contributed by atoms with E-state index in [1.165, 1.54) is 12.1 Å². The number of aryl methyl sites for hydroxylation is 1. The molecule has 4 nitrogen and oxygen atoms in total. The van der Waals surface area contributed by atoms with Gasteiger partial charge in [0.15, 0.2) is 11.5 Å². The number of benzene rings is 2. The van der Waals surface area contributed by atoms with Crippen LogP contribution in [0.25, 0.3) is 17.4 Å². The second-order valence-electron chi connectivity index (χ2n) is 7.49. The Labute approximate surface area is 176 Å². The third-order valence-electron chi connectivity index (χ3n) is 5.70. The largest absolute Gasteiger partial charge is 0.422 e. The lowest BCUT2D eigenvalue weighted by atomic mass is 9.67. The van der Waals surface area contributed by atoms with Crippen LogP contribution in [0.1, 0.15) is 45.6 Å². The molecule has 0 spiro atoms. The number of carbonyl (C=O) groups excluding carboxylic acids is 2. The summed E-state index contributed by atoms with van der Waals surface area (Å²) < 4.78 is 47.1. The molecule has 0 aliphatic heterocycles. The van der Waals surface area contributed by atoms with Crippen molar-refractivity contribution in [3.63, 3.8) is 0 Å². The molecular weight excluding hydrogens is 407 g/mol. The van der Waals surface area contributed by atoms with E-state index in [1.54, 1.807) is 42.5 Å². The van der Waals surface area contributed by atoms with E-state index in [1.807, 2.05) is 0 Å². The van der Waals surface area contributed by atoms with Crippen LogP contribution in [-0.4, -0.2) is 17.2 Å². The Balaban J connectivity index is 1.90. The van der Waals surface area contributed by atoms with Gasteiger partial charge in [0, 0.05) is 5.56 Å². The molecular formula is C24H18F3NO3. The summed E-state index contributed by atoms with van der Waals surface area (Å²) in [5, 5.41) is 3.51. The molecule has 1 heterocycles. The number of aldehydes is 1. The van der Waals surface area contributed by atoms with Gasteiger partial charge in [0.2, 0.25) is 5.78 Å². The third kappa shape index (κ3) is 3.40. The summed E-state index contributed by atoms with van der Waals surface area (Å²) in [5.74, 6) is -1.55. The average molecular weight is 425 g/mol. The standard InChI is InChI=1S/C24H18F3NO3/c1-2-15-10-11-18-17(13-15)9-6-12-23(18,14-29)22(30)20-19(24(25,26)27)21(31-28-20)16-7-4-3-5-8-16/h2-5,7-8,10-11,13-14H,1,6,9,12H2. The van der Waals surface area contributed by atoms with Crippen LogP contribution in [0, 0.1) is 0 Å². The van der Waals surface area contributed by atoms with Gasteiger partial charge in [-0.15, -0.1) is 0 Å². The normalized spacial score (nSPS) is 18.3. The SMILES string of the molecule is C=Cc1ccc2c(c1)CCCC2(C=O)C(=O)c1noc(-c2ccccc2)c1C(F)(F)F. The van der Waals surface area contributed by atoms with Gasteiger partial charge in [0.25, 0.3) is 0 Å². The minimum Gasteiger partial charge on any atom is -0.355 e. The van der Waals surface area contributed by atoms with E-state index in [-0.39, 0.29) is 12.0 Å². The predicted octanol–water partition coefficient (Wildman–Crippen LogP) is 5.66. The second kappa shape index (κ2) is 7.65. The zero-order valence-corrected chi connectivity index (χ0v) is 16.4. The Bertz CT molecular complexity index is 1160. The number of carbonyl (C=O) groups is 2. The number of hydrogen-bond donors (Lipinski definition) is 0. The molecule has 0 radical (unpaired) electrons. The minimum absolute atomic E-state index is 0.0978. The van der Waals surface area contributed by atoms with Crippen molar-refractivity contribution in [2.24, 2.45) is 0 Å². The maximum absolute atomic E-state index is 14.0. The minimum atomic E-state index is -4.90. The van der Waals surface area contributed by atoms with Gasteiger partial charge < -0.3 is 9.32 Å². The number of rotatable bonds is 5. The maximum atomic E-state index is 14.0. The molecule has 31 heavy (non-hydrogen) atoms. The number of halogens is 3. The Morgan fingerprint density at radius 2 is 1.90 bits per heavy atom. The van der Waals surface area contributed by atoms with Gasteiger partial charge in [-0.25, -0.2) is 0 Å². The highest BCUT2D eigenvalue weighted by atomic mass is 19.4. The van der Waals surface area contributed by atoms with Gasteiger partial charge >= 0.3 is 6.18 Å². The highest BCUT2D eigenvalue weighted by Gasteiger charge is 2.50. The molecule has 158 valence electrons. The third-order valence-corrected chi connectivity index (χ3v) is 5.70. The van der Waals surface area contributed by atoms with Crippen molar-refractivity contribution in [1.82, 2.24) is 5.16 Å². The molecule has 3 aromatic rings. The molecule has 7 heteroatoms. The van der Waals surface area contributed by atoms with Crippen LogP contribution in [0.4, 0.5) is 13.2 Å². The van der Waals surface area contributed by atoms with Gasteiger partial charge in [-0.05, 0) is 36.0 Å². The van der Waals surface area contributed by atoms with Crippen LogP contribution in [-0.2, 0) is 22.8 Å². The summed E-state index contributed by atoms with van der Waals surface area (Å²) in [7, 11) is 0. The number of hydrogen-bond acceptors (Lipinski definition) is 4. The fourth-order valence-corrected chi connectivity index (χ4v) is 4.19. The molecule has 0 saturated heterocycles. The van der Waals surface area contributed by atoms with Gasteiger partial charge in [-0.2, -0.15) is 13.2 Å². The van der Waals surface area contributed by atoms with Crippen molar-refractivity contribution in [3.8, 4) is 11.3 Å². The fourth-order valence-electron chi connectivity index (χ4n) is 4.19. The summed E-state index contributed by atoms with van der Waals surface area (Å²) in [6, 6.07) is 12.7. The first-order chi connectivity index (χ1) is 14.8. The molecule has 1 atom stereocenters. The Kier molecular flexibility index (Phi) is 5.13. The van der Waals surface area contributed by atoms with Crippen molar-refractivity contribution in [2.45, 2.75) is 30.9 Å². The first-order valence-corrected chi connectivity index (χ1v) is 9.71. The molecule has 4 rings (SSSR count). The molecule has 1 aromatic heterocycles. The lowest BCUT2D eigenvalue weighted by molar-refractivity contribution is -0.137. The number of fused-ring (bicyclic) bond motifs is 1. The monoisotopic (exact) mass is 425 g/mol. The number of ketones is 1. The van der Waals surface area contributed by atoms with E-state index in [0.29, 0.717) is 24.7 Å². The van der Waals surface area contributed by atoms with Crippen LogP contribution in [0.15, 0.2) is 59.6 Å². The number of nitrogens with zero attached hydrogens (tertiary/aromatic N) is 1. The Hall–Kier alpha value is -3.48. The predicted molar refractivity (Wildman–Crippen MR) is 108 cm³/mol. The molecule has 0 amide bonds. The van der Waals surface area contributed by atoms with Crippen molar-refractivity contribution < 1.29 is 27.3 Å².